The van der Waals surface area contributed by atoms with Crippen LogP contribution in [-0.2, 0) is 7.05 Å². The van der Waals surface area contributed by atoms with Crippen LogP contribution in [0.1, 0.15) is 16.1 Å². The van der Waals surface area contributed by atoms with Gasteiger partial charge in [-0.15, -0.1) is 0 Å². The van der Waals surface area contributed by atoms with Gasteiger partial charge in [0.2, 0.25) is 0 Å². The van der Waals surface area contributed by atoms with E-state index in [1.54, 1.807) is 0 Å². The Labute approximate surface area is 100 Å². The Hall–Kier alpha value is -2.24. The molecular weight excluding hydrogens is 244 g/mol. The summed E-state index contributed by atoms with van der Waals surface area (Å²) in [7, 11) is 1.38. The summed E-state index contributed by atoms with van der Waals surface area (Å²) in [6.07, 6.45) is 0. The minimum atomic E-state index is -1.29. The summed E-state index contributed by atoms with van der Waals surface area (Å²) in [5, 5.41) is 8.98. The van der Waals surface area contributed by atoms with E-state index in [1.165, 1.54) is 14.0 Å². The molecule has 0 saturated carbocycles. The Morgan fingerprint density at radius 3 is 2.39 bits per heavy atom. The van der Waals surface area contributed by atoms with Gasteiger partial charge >= 0.3 is 5.97 Å². The van der Waals surface area contributed by atoms with Crippen molar-refractivity contribution in [1.82, 2.24) is 4.57 Å². The predicted octanol–water partition coefficient (Wildman–Crippen LogP) is 1.82. The first-order valence-electron chi connectivity index (χ1n) is 5.06. The zero-order valence-electron chi connectivity index (χ0n) is 9.62. The third-order valence-electron chi connectivity index (χ3n) is 2.88. The number of aromatic carboxylic acids is 1. The molecule has 0 saturated heterocycles. The number of pyridine rings is 1. The molecule has 0 bridgehead atoms. The largest absolute Gasteiger partial charge is 0.477 e. The standard InChI is InChI=1S/C12H9F2NO3/c1-5-10(12(17)18)15(2)9-4-8(14)7(13)3-6(9)11(5)16/h3-4H,1-2H3,(H,17,18). The molecule has 2 rings (SSSR count). The second-order valence-corrected chi connectivity index (χ2v) is 3.95. The van der Waals surface area contributed by atoms with Gasteiger partial charge in [0.25, 0.3) is 0 Å². The number of carboxylic acid groups (broad SMARTS) is 1. The van der Waals surface area contributed by atoms with Crippen molar-refractivity contribution in [2.45, 2.75) is 6.92 Å². The number of carboxylic acids is 1. The summed E-state index contributed by atoms with van der Waals surface area (Å²) in [5.41, 5.74) is -0.816. The van der Waals surface area contributed by atoms with E-state index in [1.807, 2.05) is 0 Å². The molecule has 0 aliphatic heterocycles. The topological polar surface area (TPSA) is 59.3 Å². The third kappa shape index (κ3) is 1.57. The van der Waals surface area contributed by atoms with Gasteiger partial charge in [0.05, 0.1) is 5.52 Å². The summed E-state index contributed by atoms with van der Waals surface area (Å²) < 4.78 is 27.4. The first-order valence-corrected chi connectivity index (χ1v) is 5.06. The van der Waals surface area contributed by atoms with Crippen LogP contribution in [-0.4, -0.2) is 15.6 Å². The van der Waals surface area contributed by atoms with Crippen LogP contribution in [0.3, 0.4) is 0 Å². The highest BCUT2D eigenvalue weighted by molar-refractivity contribution is 5.92. The number of halogens is 2. The van der Waals surface area contributed by atoms with E-state index in [2.05, 4.69) is 0 Å². The van der Waals surface area contributed by atoms with Crippen LogP contribution in [0.4, 0.5) is 8.78 Å². The highest BCUT2D eigenvalue weighted by Crippen LogP contribution is 2.18. The number of aromatic nitrogens is 1. The van der Waals surface area contributed by atoms with Gasteiger partial charge in [0.15, 0.2) is 17.1 Å². The minimum absolute atomic E-state index is 0.0106. The van der Waals surface area contributed by atoms with E-state index in [-0.39, 0.29) is 22.2 Å². The highest BCUT2D eigenvalue weighted by atomic mass is 19.2. The first-order chi connectivity index (χ1) is 8.34. The number of benzene rings is 1. The molecule has 1 heterocycles. The van der Waals surface area contributed by atoms with Crippen molar-refractivity contribution in [2.24, 2.45) is 7.05 Å². The highest BCUT2D eigenvalue weighted by Gasteiger charge is 2.18. The number of rotatable bonds is 1. The normalized spacial score (nSPS) is 10.9. The molecule has 0 atom stereocenters. The van der Waals surface area contributed by atoms with E-state index in [0.29, 0.717) is 0 Å². The van der Waals surface area contributed by atoms with E-state index in [9.17, 15) is 18.4 Å². The van der Waals surface area contributed by atoms with Crippen molar-refractivity contribution < 1.29 is 18.7 Å². The van der Waals surface area contributed by atoms with Gasteiger partial charge in [-0.3, -0.25) is 4.79 Å². The number of carbonyl (C=O) groups is 1. The van der Waals surface area contributed by atoms with E-state index in [0.717, 1.165) is 16.7 Å². The summed E-state index contributed by atoms with van der Waals surface area (Å²) in [4.78, 5) is 23.0. The minimum Gasteiger partial charge on any atom is -0.477 e. The third-order valence-corrected chi connectivity index (χ3v) is 2.88. The Morgan fingerprint density at radius 1 is 1.28 bits per heavy atom. The van der Waals surface area contributed by atoms with Gasteiger partial charge in [-0.05, 0) is 13.0 Å². The Kier molecular flexibility index (Phi) is 2.65. The molecule has 94 valence electrons. The van der Waals surface area contributed by atoms with Crippen LogP contribution in [0.5, 0.6) is 0 Å². The fraction of sp³-hybridized carbons (Fsp3) is 0.167. The number of nitrogens with zero attached hydrogens (tertiary/aromatic N) is 1. The average Bonchev–Trinajstić information content (AvgIpc) is 2.29. The molecule has 6 heteroatoms. The molecule has 18 heavy (non-hydrogen) atoms. The second-order valence-electron chi connectivity index (χ2n) is 3.95. The number of aryl methyl sites for hydroxylation is 1. The van der Waals surface area contributed by atoms with Gasteiger partial charge in [-0.25, -0.2) is 13.6 Å². The molecule has 0 unspecified atom stereocenters. The summed E-state index contributed by atoms with van der Waals surface area (Å²) >= 11 is 0. The van der Waals surface area contributed by atoms with Crippen molar-refractivity contribution in [3.05, 3.63) is 45.2 Å². The van der Waals surface area contributed by atoms with Crippen LogP contribution in [0.15, 0.2) is 16.9 Å². The van der Waals surface area contributed by atoms with E-state index < -0.39 is 23.0 Å². The zero-order valence-corrected chi connectivity index (χ0v) is 9.62. The maximum atomic E-state index is 13.2. The summed E-state index contributed by atoms with van der Waals surface area (Å²) in [6.45, 7) is 1.34. The van der Waals surface area contributed by atoms with Crippen LogP contribution < -0.4 is 5.43 Å². The quantitative estimate of drug-likeness (QED) is 0.843. The number of fused-ring (bicyclic) bond motifs is 1. The van der Waals surface area contributed by atoms with Gasteiger partial charge in [-0.1, -0.05) is 0 Å². The maximum absolute atomic E-state index is 13.2. The molecule has 0 spiro atoms. The molecule has 0 aliphatic rings. The Morgan fingerprint density at radius 2 is 1.83 bits per heavy atom. The lowest BCUT2D eigenvalue weighted by molar-refractivity contribution is 0.0685. The lowest BCUT2D eigenvalue weighted by atomic mass is 10.1. The van der Waals surface area contributed by atoms with E-state index in [4.69, 9.17) is 5.11 Å². The number of hydrogen-bond acceptors (Lipinski definition) is 2. The van der Waals surface area contributed by atoms with Gasteiger partial charge in [0, 0.05) is 24.1 Å². The smallest absolute Gasteiger partial charge is 0.352 e. The SMILES string of the molecule is Cc1c(C(=O)O)n(C)c2cc(F)c(F)cc2c1=O. The average molecular weight is 253 g/mol. The van der Waals surface area contributed by atoms with Gasteiger partial charge in [0.1, 0.15) is 5.69 Å². The van der Waals surface area contributed by atoms with Gasteiger partial charge in [-0.2, -0.15) is 0 Å². The molecule has 4 nitrogen and oxygen atoms in total. The summed E-state index contributed by atoms with van der Waals surface area (Å²) in [5.74, 6) is -3.56. The fourth-order valence-electron chi connectivity index (χ4n) is 1.98. The molecule has 1 aromatic heterocycles. The first kappa shape index (κ1) is 12.2. The monoisotopic (exact) mass is 253 g/mol. The molecule has 0 fully saturated rings. The molecular formula is C12H9F2NO3. The maximum Gasteiger partial charge on any atom is 0.352 e. The molecule has 0 amide bonds. The van der Waals surface area contributed by atoms with Crippen molar-refractivity contribution in [1.29, 1.82) is 0 Å². The Balaban J connectivity index is 3.08. The van der Waals surface area contributed by atoms with Crippen LogP contribution in [0, 0.1) is 18.6 Å². The Bertz CT molecular complexity index is 734. The molecule has 1 N–H and O–H groups in total. The van der Waals surface area contributed by atoms with Crippen molar-refractivity contribution in [3.63, 3.8) is 0 Å². The van der Waals surface area contributed by atoms with E-state index >= 15 is 0 Å². The fourth-order valence-corrected chi connectivity index (χ4v) is 1.98. The van der Waals surface area contributed by atoms with Crippen molar-refractivity contribution in [3.8, 4) is 0 Å². The second kappa shape index (κ2) is 3.90. The molecule has 0 radical (unpaired) electrons. The van der Waals surface area contributed by atoms with Crippen molar-refractivity contribution in [2.75, 3.05) is 0 Å². The zero-order chi connectivity index (χ0) is 13.6. The molecule has 0 aliphatic carbocycles. The predicted molar refractivity (Wildman–Crippen MR) is 60.8 cm³/mol. The van der Waals surface area contributed by atoms with Gasteiger partial charge < -0.3 is 9.67 Å². The lowest BCUT2D eigenvalue weighted by Gasteiger charge is -2.12. The van der Waals surface area contributed by atoms with Crippen LogP contribution >= 0.6 is 0 Å². The summed E-state index contributed by atoms with van der Waals surface area (Å²) in [6, 6.07) is 1.60. The van der Waals surface area contributed by atoms with Crippen LogP contribution in [0.2, 0.25) is 0 Å². The molecule has 1 aromatic carbocycles. The molecule has 2 aromatic rings. The van der Waals surface area contributed by atoms with Crippen molar-refractivity contribution >= 4 is 16.9 Å². The number of hydrogen-bond donors (Lipinski definition) is 1. The van der Waals surface area contributed by atoms with Crippen LogP contribution in [0.25, 0.3) is 10.9 Å². The lowest BCUT2D eigenvalue weighted by Crippen LogP contribution is -2.20.